The lowest BCUT2D eigenvalue weighted by Crippen LogP contribution is -2.47. The molecule has 30 heavy (non-hydrogen) atoms. The fourth-order valence-electron chi connectivity index (χ4n) is 3.48. The Morgan fingerprint density at radius 2 is 1.20 bits per heavy atom. The van der Waals surface area contributed by atoms with Crippen LogP contribution in [-0.4, -0.2) is 101 Å². The molecular formula is C17H31N3O8S2. The van der Waals surface area contributed by atoms with E-state index in [1.807, 2.05) is 0 Å². The van der Waals surface area contributed by atoms with Crippen LogP contribution in [0.15, 0.2) is 0 Å². The number of rotatable bonds is 8. The van der Waals surface area contributed by atoms with Gasteiger partial charge in [-0.2, -0.15) is 0 Å². The number of nitrogens with zero attached hydrogens (tertiary/aromatic N) is 1. The minimum Gasteiger partial charge on any atom is -0.448 e. The van der Waals surface area contributed by atoms with Crippen LogP contribution in [0.1, 0.15) is 26.7 Å². The van der Waals surface area contributed by atoms with E-state index in [0.717, 1.165) is 0 Å². The van der Waals surface area contributed by atoms with E-state index in [0.29, 0.717) is 25.9 Å². The number of hydrogen-bond acceptors (Lipinski definition) is 9. The maximum absolute atomic E-state index is 11.9. The van der Waals surface area contributed by atoms with Crippen molar-refractivity contribution in [3.05, 3.63) is 0 Å². The topological polar surface area (TPSA) is 148 Å². The molecule has 0 aromatic carbocycles. The minimum atomic E-state index is -3.12. The molecule has 0 aliphatic carbocycles. The molecule has 2 amide bonds. The van der Waals surface area contributed by atoms with Crippen molar-refractivity contribution in [3.63, 3.8) is 0 Å². The second-order valence-electron chi connectivity index (χ2n) is 8.63. The van der Waals surface area contributed by atoms with Crippen LogP contribution in [0.3, 0.4) is 0 Å². The molecule has 0 bridgehead atoms. The molecule has 11 nitrogen and oxygen atoms in total. The quantitative estimate of drug-likeness (QED) is 0.481. The molecule has 0 saturated carbocycles. The predicted molar refractivity (Wildman–Crippen MR) is 110 cm³/mol. The number of alkyl carbamates (subject to hydrolysis) is 2. The maximum atomic E-state index is 11.9. The van der Waals surface area contributed by atoms with E-state index in [9.17, 15) is 26.4 Å². The van der Waals surface area contributed by atoms with Crippen LogP contribution in [0.2, 0.25) is 0 Å². The summed E-state index contributed by atoms with van der Waals surface area (Å²) in [6, 6.07) is 0. The van der Waals surface area contributed by atoms with Crippen LogP contribution in [0.4, 0.5) is 9.59 Å². The second-order valence-corrected chi connectivity index (χ2v) is 13.0. The molecule has 2 aliphatic rings. The molecule has 2 rings (SSSR count). The third-order valence-electron chi connectivity index (χ3n) is 5.23. The molecule has 2 aliphatic heterocycles. The first-order valence-corrected chi connectivity index (χ1v) is 13.4. The van der Waals surface area contributed by atoms with Crippen LogP contribution < -0.4 is 10.6 Å². The predicted octanol–water partition coefficient (Wildman–Crippen LogP) is -0.475. The highest BCUT2D eigenvalue weighted by atomic mass is 32.2. The van der Waals surface area contributed by atoms with Gasteiger partial charge >= 0.3 is 12.2 Å². The lowest BCUT2D eigenvalue weighted by atomic mass is 10.0. The molecule has 13 heteroatoms. The number of ether oxygens (including phenoxy) is 2. The number of amides is 2. The Morgan fingerprint density at radius 1 is 0.833 bits per heavy atom. The first kappa shape index (κ1) is 24.7. The van der Waals surface area contributed by atoms with E-state index >= 15 is 0 Å². The van der Waals surface area contributed by atoms with Crippen LogP contribution in [0, 0.1) is 0 Å². The number of carbonyl (C=O) groups is 2. The zero-order valence-electron chi connectivity index (χ0n) is 17.6. The van der Waals surface area contributed by atoms with Gasteiger partial charge in [-0.15, -0.1) is 0 Å². The fraction of sp³-hybridized carbons (Fsp3) is 0.882. The van der Waals surface area contributed by atoms with Crippen molar-refractivity contribution >= 4 is 31.9 Å². The Bertz CT molecular complexity index is 790. The van der Waals surface area contributed by atoms with Gasteiger partial charge in [-0.25, -0.2) is 26.4 Å². The van der Waals surface area contributed by atoms with Crippen LogP contribution in [0.25, 0.3) is 0 Å². The first-order chi connectivity index (χ1) is 13.7. The highest BCUT2D eigenvalue weighted by molar-refractivity contribution is 7.92. The molecule has 2 unspecified atom stereocenters. The van der Waals surface area contributed by atoms with Gasteiger partial charge in [0.05, 0.1) is 34.1 Å². The fourth-order valence-corrected chi connectivity index (χ4v) is 7.67. The molecule has 2 fully saturated rings. The van der Waals surface area contributed by atoms with Crippen molar-refractivity contribution in [3.8, 4) is 0 Å². The zero-order chi connectivity index (χ0) is 22.6. The summed E-state index contributed by atoms with van der Waals surface area (Å²) < 4.78 is 56.4. The maximum Gasteiger partial charge on any atom is 0.407 e. The summed E-state index contributed by atoms with van der Waals surface area (Å²) in [4.78, 5) is 25.5. The SMILES string of the molecule is CN(CCOC(=O)NC1(C)CCS(=O)(=O)C1)CCOC(=O)NC1(C)CCS(=O)(=O)C1. The monoisotopic (exact) mass is 469 g/mol. The first-order valence-electron chi connectivity index (χ1n) is 9.71. The largest absolute Gasteiger partial charge is 0.448 e. The number of nitrogens with one attached hydrogen (secondary N) is 2. The molecule has 2 heterocycles. The summed E-state index contributed by atoms with van der Waals surface area (Å²) >= 11 is 0. The van der Waals surface area contributed by atoms with E-state index < -0.39 is 42.9 Å². The molecule has 0 aromatic rings. The van der Waals surface area contributed by atoms with E-state index in [1.165, 1.54) is 0 Å². The van der Waals surface area contributed by atoms with E-state index in [2.05, 4.69) is 10.6 Å². The normalized spacial score (nSPS) is 29.5. The Labute approximate surface area is 177 Å². The van der Waals surface area contributed by atoms with Crippen molar-refractivity contribution in [2.24, 2.45) is 0 Å². The van der Waals surface area contributed by atoms with Crippen molar-refractivity contribution < 1.29 is 35.9 Å². The van der Waals surface area contributed by atoms with Crippen molar-refractivity contribution in [2.45, 2.75) is 37.8 Å². The summed E-state index contributed by atoms with van der Waals surface area (Å²) in [7, 11) is -4.48. The van der Waals surface area contributed by atoms with Crippen molar-refractivity contribution in [2.75, 3.05) is 56.4 Å². The number of hydrogen-bond donors (Lipinski definition) is 2. The van der Waals surface area contributed by atoms with E-state index in [-0.39, 0.29) is 36.2 Å². The minimum absolute atomic E-state index is 0.0507. The van der Waals surface area contributed by atoms with Gasteiger partial charge in [-0.3, -0.25) is 4.90 Å². The summed E-state index contributed by atoms with van der Waals surface area (Å²) in [6.45, 7) is 4.32. The Kier molecular flexibility index (Phi) is 7.62. The molecule has 0 aromatic heterocycles. The van der Waals surface area contributed by atoms with Gasteiger partial charge in [0.1, 0.15) is 13.2 Å². The van der Waals surface area contributed by atoms with Gasteiger partial charge < -0.3 is 20.1 Å². The van der Waals surface area contributed by atoms with Gasteiger partial charge in [-0.1, -0.05) is 0 Å². The van der Waals surface area contributed by atoms with E-state index in [4.69, 9.17) is 9.47 Å². The number of carbonyl (C=O) groups excluding carboxylic acids is 2. The Hall–Kier alpha value is -1.60. The zero-order valence-corrected chi connectivity index (χ0v) is 19.2. The third kappa shape index (κ3) is 7.91. The lowest BCUT2D eigenvalue weighted by molar-refractivity contribution is 0.108. The third-order valence-corrected chi connectivity index (χ3v) is 9.03. The van der Waals surface area contributed by atoms with Crippen molar-refractivity contribution in [1.82, 2.24) is 15.5 Å². The van der Waals surface area contributed by atoms with Gasteiger partial charge in [-0.05, 0) is 33.7 Å². The molecular weight excluding hydrogens is 438 g/mol. The molecule has 0 radical (unpaired) electrons. The lowest BCUT2D eigenvalue weighted by Gasteiger charge is -2.24. The summed E-state index contributed by atoms with van der Waals surface area (Å²) in [5, 5.41) is 5.21. The Morgan fingerprint density at radius 3 is 1.50 bits per heavy atom. The number of likely N-dealkylation sites (N-methyl/N-ethyl adjacent to an activating group) is 1. The number of sulfone groups is 2. The van der Waals surface area contributed by atoms with Crippen molar-refractivity contribution in [1.29, 1.82) is 0 Å². The van der Waals surface area contributed by atoms with Crippen LogP contribution in [0.5, 0.6) is 0 Å². The Balaban J connectivity index is 1.58. The smallest absolute Gasteiger partial charge is 0.407 e. The highest BCUT2D eigenvalue weighted by Gasteiger charge is 2.40. The van der Waals surface area contributed by atoms with Gasteiger partial charge in [0, 0.05) is 13.1 Å². The van der Waals surface area contributed by atoms with Crippen LogP contribution in [-0.2, 0) is 29.1 Å². The van der Waals surface area contributed by atoms with E-state index in [1.54, 1.807) is 25.8 Å². The standard InChI is InChI=1S/C17H31N3O8S2/c1-16(4-10-29(23,24)12-16)18-14(21)27-8-6-20(3)7-9-28-15(22)19-17(2)5-11-30(25,26)13-17/h4-13H2,1-3H3,(H,18,21)(H,19,22). The molecule has 2 N–H and O–H groups in total. The molecule has 174 valence electrons. The average Bonchev–Trinajstić information content (AvgIpc) is 3.00. The molecule has 0 spiro atoms. The highest BCUT2D eigenvalue weighted by Crippen LogP contribution is 2.23. The molecule has 2 saturated heterocycles. The average molecular weight is 470 g/mol. The summed E-state index contributed by atoms with van der Waals surface area (Å²) in [5.74, 6) is -0.0944. The van der Waals surface area contributed by atoms with Gasteiger partial charge in [0.2, 0.25) is 0 Å². The van der Waals surface area contributed by atoms with Gasteiger partial charge in [0.25, 0.3) is 0 Å². The summed E-state index contributed by atoms with van der Waals surface area (Å²) in [5.41, 5.74) is -1.61. The summed E-state index contributed by atoms with van der Waals surface area (Å²) in [6.07, 6.45) is -0.625. The van der Waals surface area contributed by atoms with Gasteiger partial charge in [0.15, 0.2) is 19.7 Å². The molecule has 2 atom stereocenters. The second kappa shape index (κ2) is 9.27. The van der Waals surface area contributed by atoms with Crippen LogP contribution >= 0.6 is 0 Å².